The zero-order valence-corrected chi connectivity index (χ0v) is 20.8. The minimum absolute atomic E-state index is 0.0472. The highest BCUT2D eigenvalue weighted by Gasteiger charge is 2.23. The van der Waals surface area contributed by atoms with Crippen molar-refractivity contribution in [2.24, 2.45) is 0 Å². The van der Waals surface area contributed by atoms with E-state index < -0.39 is 14.9 Å². The number of nitro benzene ring substituents is 1. The van der Waals surface area contributed by atoms with Crippen molar-refractivity contribution in [1.82, 2.24) is 13.9 Å². The Kier molecular flexibility index (Phi) is 8.11. The lowest BCUT2D eigenvalue weighted by Crippen LogP contribution is -2.30. The molecule has 34 heavy (non-hydrogen) atoms. The second-order valence-electron chi connectivity index (χ2n) is 7.77. The minimum Gasteiger partial charge on any atom is -0.495 e. The van der Waals surface area contributed by atoms with Crippen LogP contribution in [0.2, 0.25) is 0 Å². The molecule has 0 aliphatic rings. The van der Waals surface area contributed by atoms with E-state index in [0.717, 1.165) is 24.9 Å². The molecule has 0 spiro atoms. The number of hydrogen-bond acceptors (Lipinski definition) is 7. The van der Waals surface area contributed by atoms with Crippen LogP contribution in [0.1, 0.15) is 39.4 Å². The van der Waals surface area contributed by atoms with Crippen LogP contribution in [0, 0.1) is 10.1 Å². The maximum absolute atomic E-state index is 13.0. The molecule has 0 fully saturated rings. The number of nitrogens with zero attached hydrogens (tertiary/aromatic N) is 4. The first-order chi connectivity index (χ1) is 16.3. The lowest BCUT2D eigenvalue weighted by atomic mass is 10.2. The first-order valence-corrected chi connectivity index (χ1v) is 12.8. The molecular formula is C23H31N5O5S. The molecule has 0 unspecified atom stereocenters. The molecule has 3 rings (SSSR count). The van der Waals surface area contributed by atoms with Gasteiger partial charge in [-0.1, -0.05) is 27.2 Å². The summed E-state index contributed by atoms with van der Waals surface area (Å²) in [6, 6.07) is 9.39. The van der Waals surface area contributed by atoms with Crippen LogP contribution in [0.15, 0.2) is 41.3 Å². The van der Waals surface area contributed by atoms with E-state index in [2.05, 4.69) is 16.8 Å². The fourth-order valence-electron chi connectivity index (χ4n) is 3.86. The van der Waals surface area contributed by atoms with Gasteiger partial charge in [-0.15, -0.1) is 0 Å². The predicted octanol–water partition coefficient (Wildman–Crippen LogP) is 4.40. The summed E-state index contributed by atoms with van der Waals surface area (Å²) in [7, 11) is -2.10. The Morgan fingerprint density at radius 1 is 1.15 bits per heavy atom. The standard InChI is InChI=1S/C23H31N5O5S/c1-5-8-13-27-21-11-10-18(34(31,32)26(6-2)7-3)15-19(21)25-23(27)16-24-20-14-17(28(29)30)9-12-22(20)33-4/h9-12,14-15,24H,5-8,13,16H2,1-4H3. The van der Waals surface area contributed by atoms with E-state index in [0.29, 0.717) is 35.9 Å². The summed E-state index contributed by atoms with van der Waals surface area (Å²) in [4.78, 5) is 15.7. The highest BCUT2D eigenvalue weighted by molar-refractivity contribution is 7.89. The van der Waals surface area contributed by atoms with Gasteiger partial charge in [-0.05, 0) is 30.7 Å². The van der Waals surface area contributed by atoms with Crippen molar-refractivity contribution in [3.8, 4) is 5.75 Å². The predicted molar refractivity (Wildman–Crippen MR) is 132 cm³/mol. The van der Waals surface area contributed by atoms with E-state index in [9.17, 15) is 18.5 Å². The number of nitro groups is 1. The average Bonchev–Trinajstić information content (AvgIpc) is 3.18. The number of fused-ring (bicyclic) bond motifs is 1. The fraction of sp³-hybridized carbons (Fsp3) is 0.435. The van der Waals surface area contributed by atoms with Crippen LogP contribution < -0.4 is 10.1 Å². The summed E-state index contributed by atoms with van der Waals surface area (Å²) in [6.07, 6.45) is 1.91. The van der Waals surface area contributed by atoms with Crippen molar-refractivity contribution in [1.29, 1.82) is 0 Å². The lowest BCUT2D eigenvalue weighted by molar-refractivity contribution is -0.384. The van der Waals surface area contributed by atoms with Gasteiger partial charge in [0.05, 0.1) is 40.2 Å². The van der Waals surface area contributed by atoms with Crippen molar-refractivity contribution >= 4 is 32.4 Å². The van der Waals surface area contributed by atoms with Gasteiger partial charge in [-0.3, -0.25) is 10.1 Å². The Hall–Kier alpha value is -3.18. The third-order valence-corrected chi connectivity index (χ3v) is 7.75. The van der Waals surface area contributed by atoms with Crippen molar-refractivity contribution in [2.75, 3.05) is 25.5 Å². The molecule has 0 amide bonds. The van der Waals surface area contributed by atoms with Gasteiger partial charge in [0, 0.05) is 31.8 Å². The van der Waals surface area contributed by atoms with Gasteiger partial charge in [0.2, 0.25) is 10.0 Å². The summed E-state index contributed by atoms with van der Waals surface area (Å²) < 4.78 is 34.8. The van der Waals surface area contributed by atoms with E-state index in [-0.39, 0.29) is 17.1 Å². The molecule has 184 valence electrons. The number of imidazole rings is 1. The number of aryl methyl sites for hydroxylation is 1. The Bertz CT molecular complexity index is 1270. The molecule has 1 aromatic heterocycles. The molecule has 0 radical (unpaired) electrons. The van der Waals surface area contributed by atoms with Crippen LogP contribution in [-0.2, 0) is 23.1 Å². The van der Waals surface area contributed by atoms with Crippen LogP contribution >= 0.6 is 0 Å². The molecule has 0 aliphatic heterocycles. The molecule has 0 saturated heterocycles. The molecule has 2 aromatic carbocycles. The largest absolute Gasteiger partial charge is 0.495 e. The zero-order chi connectivity index (χ0) is 24.9. The zero-order valence-electron chi connectivity index (χ0n) is 19.9. The number of hydrogen-bond donors (Lipinski definition) is 1. The van der Waals surface area contributed by atoms with Gasteiger partial charge in [-0.25, -0.2) is 13.4 Å². The molecular weight excluding hydrogens is 458 g/mol. The molecule has 1 heterocycles. The second kappa shape index (κ2) is 10.8. The molecule has 11 heteroatoms. The van der Waals surface area contributed by atoms with E-state index in [4.69, 9.17) is 9.72 Å². The Morgan fingerprint density at radius 3 is 2.50 bits per heavy atom. The Morgan fingerprint density at radius 2 is 1.88 bits per heavy atom. The molecule has 3 aromatic rings. The number of non-ortho nitro benzene ring substituents is 1. The average molecular weight is 490 g/mol. The number of sulfonamides is 1. The summed E-state index contributed by atoms with van der Waals surface area (Å²) in [5, 5.41) is 14.4. The molecule has 0 saturated carbocycles. The van der Waals surface area contributed by atoms with Crippen LogP contribution in [0.3, 0.4) is 0 Å². The third-order valence-electron chi connectivity index (χ3n) is 5.71. The maximum Gasteiger partial charge on any atom is 0.271 e. The smallest absolute Gasteiger partial charge is 0.271 e. The molecule has 1 N–H and O–H groups in total. The van der Waals surface area contributed by atoms with Crippen molar-refractivity contribution < 1.29 is 18.1 Å². The van der Waals surface area contributed by atoms with Crippen molar-refractivity contribution in [3.63, 3.8) is 0 Å². The van der Waals surface area contributed by atoms with Gasteiger partial charge in [0.25, 0.3) is 5.69 Å². The Labute approximate surface area is 199 Å². The first kappa shape index (κ1) is 25.4. The molecule has 10 nitrogen and oxygen atoms in total. The van der Waals surface area contributed by atoms with Crippen LogP contribution in [-0.4, -0.2) is 47.4 Å². The van der Waals surface area contributed by atoms with E-state index in [1.807, 2.05) is 13.8 Å². The van der Waals surface area contributed by atoms with Gasteiger partial charge in [0.15, 0.2) is 0 Å². The number of unbranched alkanes of at least 4 members (excludes halogenated alkanes) is 1. The van der Waals surface area contributed by atoms with Gasteiger partial charge in [-0.2, -0.15) is 4.31 Å². The minimum atomic E-state index is -3.60. The van der Waals surface area contributed by atoms with E-state index >= 15 is 0 Å². The number of anilines is 1. The lowest BCUT2D eigenvalue weighted by Gasteiger charge is -2.18. The number of methoxy groups -OCH3 is 1. The van der Waals surface area contributed by atoms with E-state index in [1.54, 1.807) is 24.3 Å². The molecule has 0 atom stereocenters. The second-order valence-corrected chi connectivity index (χ2v) is 9.71. The highest BCUT2D eigenvalue weighted by atomic mass is 32.2. The Balaban J connectivity index is 2.00. The van der Waals surface area contributed by atoms with Gasteiger partial charge < -0.3 is 14.6 Å². The summed E-state index contributed by atoms with van der Waals surface area (Å²) in [6.45, 7) is 7.51. The SMILES string of the molecule is CCCCn1c(CNc2cc([N+](=O)[O-])ccc2OC)nc2cc(S(=O)(=O)N(CC)CC)ccc21. The number of nitrogens with one attached hydrogen (secondary N) is 1. The normalized spacial score (nSPS) is 11.8. The quantitative estimate of drug-likeness (QED) is 0.296. The molecule has 0 aliphatic carbocycles. The monoisotopic (exact) mass is 489 g/mol. The topological polar surface area (TPSA) is 120 Å². The van der Waals surface area contributed by atoms with Gasteiger partial charge in [0.1, 0.15) is 11.6 Å². The van der Waals surface area contributed by atoms with Gasteiger partial charge >= 0.3 is 0 Å². The van der Waals surface area contributed by atoms with Crippen LogP contribution in [0.4, 0.5) is 11.4 Å². The first-order valence-electron chi connectivity index (χ1n) is 11.3. The van der Waals surface area contributed by atoms with Crippen molar-refractivity contribution in [2.45, 2.75) is 51.6 Å². The highest BCUT2D eigenvalue weighted by Crippen LogP contribution is 2.30. The summed E-state index contributed by atoms with van der Waals surface area (Å²) in [5.41, 5.74) is 1.87. The maximum atomic E-state index is 13.0. The van der Waals surface area contributed by atoms with Crippen molar-refractivity contribution in [3.05, 3.63) is 52.3 Å². The number of benzene rings is 2. The summed E-state index contributed by atoms with van der Waals surface area (Å²) in [5.74, 6) is 1.18. The number of rotatable bonds is 12. The third kappa shape index (κ3) is 5.15. The summed E-state index contributed by atoms with van der Waals surface area (Å²) >= 11 is 0. The fourth-order valence-corrected chi connectivity index (χ4v) is 5.33. The molecule has 0 bridgehead atoms. The van der Waals surface area contributed by atoms with Crippen LogP contribution in [0.25, 0.3) is 11.0 Å². The van der Waals surface area contributed by atoms with Crippen LogP contribution in [0.5, 0.6) is 5.75 Å². The number of aromatic nitrogens is 2. The number of ether oxygens (including phenoxy) is 1. The van der Waals surface area contributed by atoms with E-state index in [1.165, 1.54) is 23.5 Å².